The van der Waals surface area contributed by atoms with E-state index in [2.05, 4.69) is 26.1 Å². The van der Waals surface area contributed by atoms with Crippen molar-refractivity contribution in [2.45, 2.75) is 104 Å². The van der Waals surface area contributed by atoms with Gasteiger partial charge in [-0.2, -0.15) is 0 Å². The predicted octanol–water partition coefficient (Wildman–Crippen LogP) is 5.93. The summed E-state index contributed by atoms with van der Waals surface area (Å²) in [4.78, 5) is 0. The summed E-state index contributed by atoms with van der Waals surface area (Å²) >= 11 is 0. The van der Waals surface area contributed by atoms with Crippen LogP contribution in [-0.4, -0.2) is 12.6 Å². The Bertz CT molecular complexity index is 214. The lowest BCUT2D eigenvalue weighted by atomic mass is 9.91. The third kappa shape index (κ3) is 7.11. The van der Waals surface area contributed by atoms with Gasteiger partial charge in [-0.25, -0.2) is 0 Å². The molecule has 1 N–H and O–H groups in total. The Morgan fingerprint density at radius 3 is 2.20 bits per heavy atom. The van der Waals surface area contributed by atoms with Gasteiger partial charge in [0.1, 0.15) is 0 Å². The van der Waals surface area contributed by atoms with Crippen molar-refractivity contribution in [1.82, 2.24) is 5.32 Å². The van der Waals surface area contributed by atoms with Crippen LogP contribution in [0.25, 0.3) is 0 Å². The lowest BCUT2D eigenvalue weighted by Crippen LogP contribution is -2.35. The summed E-state index contributed by atoms with van der Waals surface area (Å²) in [5.41, 5.74) is 0. The molecule has 0 aromatic carbocycles. The van der Waals surface area contributed by atoms with Gasteiger partial charge >= 0.3 is 0 Å². The molecule has 0 spiro atoms. The first-order valence-electron chi connectivity index (χ1n) is 9.55. The Hall–Kier alpha value is -0.0400. The SMILES string of the molecule is CCCCCCCCCC(NCC)C1CCC(CC)C1. The zero-order valence-corrected chi connectivity index (χ0v) is 14.4. The number of hydrogen-bond acceptors (Lipinski definition) is 1. The van der Waals surface area contributed by atoms with Crippen molar-refractivity contribution >= 4 is 0 Å². The molecular formula is C19H39N. The van der Waals surface area contributed by atoms with Crippen LogP contribution in [0.2, 0.25) is 0 Å². The molecule has 3 atom stereocenters. The molecule has 1 heteroatoms. The van der Waals surface area contributed by atoms with Gasteiger partial charge in [0.05, 0.1) is 0 Å². The quantitative estimate of drug-likeness (QED) is 0.437. The maximum atomic E-state index is 3.78. The average Bonchev–Trinajstić information content (AvgIpc) is 2.94. The van der Waals surface area contributed by atoms with Crippen LogP contribution >= 0.6 is 0 Å². The lowest BCUT2D eigenvalue weighted by Gasteiger charge is -2.24. The highest BCUT2D eigenvalue weighted by Gasteiger charge is 2.29. The summed E-state index contributed by atoms with van der Waals surface area (Å²) < 4.78 is 0. The Morgan fingerprint density at radius 2 is 1.60 bits per heavy atom. The minimum Gasteiger partial charge on any atom is -0.314 e. The Labute approximate surface area is 128 Å². The predicted molar refractivity (Wildman–Crippen MR) is 91.2 cm³/mol. The van der Waals surface area contributed by atoms with Gasteiger partial charge in [-0.1, -0.05) is 78.6 Å². The minimum absolute atomic E-state index is 0.812. The lowest BCUT2D eigenvalue weighted by molar-refractivity contribution is 0.325. The second-order valence-corrected chi connectivity index (χ2v) is 6.92. The Balaban J connectivity index is 2.13. The minimum atomic E-state index is 0.812. The molecule has 0 bridgehead atoms. The highest BCUT2D eigenvalue weighted by molar-refractivity contribution is 4.84. The molecule has 0 aliphatic heterocycles. The fourth-order valence-electron chi connectivity index (χ4n) is 3.94. The standard InChI is InChI=1S/C19H39N/c1-4-7-8-9-10-11-12-13-19(20-6-3)18-15-14-17(5-2)16-18/h17-20H,4-16H2,1-3H3. The van der Waals surface area contributed by atoms with Gasteiger partial charge in [-0.3, -0.25) is 0 Å². The second-order valence-electron chi connectivity index (χ2n) is 6.92. The summed E-state index contributed by atoms with van der Waals surface area (Å²) in [6.45, 7) is 8.08. The summed E-state index contributed by atoms with van der Waals surface area (Å²) in [6, 6.07) is 0.812. The maximum Gasteiger partial charge on any atom is 0.00953 e. The molecule has 120 valence electrons. The molecule has 0 saturated heterocycles. The zero-order chi connectivity index (χ0) is 14.6. The number of hydrogen-bond donors (Lipinski definition) is 1. The molecule has 1 nitrogen and oxygen atoms in total. The summed E-state index contributed by atoms with van der Waals surface area (Å²) in [6.07, 6.45) is 17.3. The highest BCUT2D eigenvalue weighted by Crippen LogP contribution is 2.36. The second kappa shape index (κ2) is 11.6. The van der Waals surface area contributed by atoms with Gasteiger partial charge in [0.2, 0.25) is 0 Å². The van der Waals surface area contributed by atoms with E-state index in [1.54, 1.807) is 0 Å². The van der Waals surface area contributed by atoms with E-state index in [1.807, 2.05) is 0 Å². The van der Waals surface area contributed by atoms with E-state index in [1.165, 1.54) is 77.0 Å². The van der Waals surface area contributed by atoms with E-state index < -0.39 is 0 Å². The molecule has 0 radical (unpaired) electrons. The van der Waals surface area contributed by atoms with Crippen molar-refractivity contribution in [3.63, 3.8) is 0 Å². The maximum absolute atomic E-state index is 3.78. The first kappa shape index (κ1) is 18.0. The fourth-order valence-corrected chi connectivity index (χ4v) is 3.94. The van der Waals surface area contributed by atoms with E-state index in [-0.39, 0.29) is 0 Å². The van der Waals surface area contributed by atoms with Crippen molar-refractivity contribution in [2.75, 3.05) is 6.54 Å². The third-order valence-electron chi connectivity index (χ3n) is 5.31. The molecular weight excluding hydrogens is 242 g/mol. The van der Waals surface area contributed by atoms with Crippen molar-refractivity contribution in [2.24, 2.45) is 11.8 Å². The zero-order valence-electron chi connectivity index (χ0n) is 14.4. The molecule has 3 unspecified atom stereocenters. The van der Waals surface area contributed by atoms with Crippen LogP contribution in [0.3, 0.4) is 0 Å². The van der Waals surface area contributed by atoms with Crippen molar-refractivity contribution in [3.05, 3.63) is 0 Å². The van der Waals surface area contributed by atoms with E-state index >= 15 is 0 Å². The fraction of sp³-hybridized carbons (Fsp3) is 1.00. The number of rotatable bonds is 12. The van der Waals surface area contributed by atoms with Gasteiger partial charge < -0.3 is 5.32 Å². The smallest absolute Gasteiger partial charge is 0.00953 e. The van der Waals surface area contributed by atoms with Crippen LogP contribution in [-0.2, 0) is 0 Å². The van der Waals surface area contributed by atoms with Gasteiger partial charge in [0, 0.05) is 6.04 Å². The molecule has 1 rings (SSSR count). The average molecular weight is 282 g/mol. The van der Waals surface area contributed by atoms with Crippen LogP contribution in [0.4, 0.5) is 0 Å². The topological polar surface area (TPSA) is 12.0 Å². The van der Waals surface area contributed by atoms with Crippen LogP contribution in [0.1, 0.15) is 97.8 Å². The van der Waals surface area contributed by atoms with Crippen LogP contribution < -0.4 is 5.32 Å². The molecule has 1 aliphatic carbocycles. The monoisotopic (exact) mass is 281 g/mol. The van der Waals surface area contributed by atoms with Crippen LogP contribution in [0, 0.1) is 11.8 Å². The van der Waals surface area contributed by atoms with Gasteiger partial charge in [0.25, 0.3) is 0 Å². The normalized spacial score (nSPS) is 24.1. The van der Waals surface area contributed by atoms with Crippen molar-refractivity contribution in [1.29, 1.82) is 0 Å². The molecule has 1 aliphatic rings. The largest absolute Gasteiger partial charge is 0.314 e. The summed E-state index contributed by atoms with van der Waals surface area (Å²) in [5.74, 6) is 2.00. The van der Waals surface area contributed by atoms with Gasteiger partial charge in [0.15, 0.2) is 0 Å². The van der Waals surface area contributed by atoms with Gasteiger partial charge in [-0.15, -0.1) is 0 Å². The molecule has 0 amide bonds. The van der Waals surface area contributed by atoms with Crippen LogP contribution in [0.5, 0.6) is 0 Å². The molecule has 1 fully saturated rings. The molecule has 0 aromatic heterocycles. The van der Waals surface area contributed by atoms with E-state index in [4.69, 9.17) is 0 Å². The third-order valence-corrected chi connectivity index (χ3v) is 5.31. The van der Waals surface area contributed by atoms with E-state index in [9.17, 15) is 0 Å². The van der Waals surface area contributed by atoms with Crippen molar-refractivity contribution in [3.8, 4) is 0 Å². The molecule has 20 heavy (non-hydrogen) atoms. The Morgan fingerprint density at radius 1 is 0.900 bits per heavy atom. The summed E-state index contributed by atoms with van der Waals surface area (Å²) in [5, 5.41) is 3.78. The van der Waals surface area contributed by atoms with Crippen molar-refractivity contribution < 1.29 is 0 Å². The Kier molecular flexibility index (Phi) is 10.4. The number of nitrogens with one attached hydrogen (secondary N) is 1. The number of unbranched alkanes of at least 4 members (excludes halogenated alkanes) is 6. The highest BCUT2D eigenvalue weighted by atomic mass is 14.9. The molecule has 0 aromatic rings. The first-order chi connectivity index (χ1) is 9.81. The molecule has 1 saturated carbocycles. The van der Waals surface area contributed by atoms with E-state index in [0.717, 1.165) is 24.4 Å². The first-order valence-corrected chi connectivity index (χ1v) is 9.55. The van der Waals surface area contributed by atoms with E-state index in [0.29, 0.717) is 0 Å². The van der Waals surface area contributed by atoms with Crippen LogP contribution in [0.15, 0.2) is 0 Å². The molecule has 0 heterocycles. The summed E-state index contributed by atoms with van der Waals surface area (Å²) in [7, 11) is 0. The van der Waals surface area contributed by atoms with Gasteiger partial charge in [-0.05, 0) is 37.6 Å².